The van der Waals surface area contributed by atoms with Crippen LogP contribution in [0.5, 0.6) is 0 Å². The Morgan fingerprint density at radius 2 is 2.24 bits per heavy atom. The summed E-state index contributed by atoms with van der Waals surface area (Å²) in [6, 6.07) is 3.02. The van der Waals surface area contributed by atoms with Crippen LogP contribution in [0.25, 0.3) is 0 Å². The van der Waals surface area contributed by atoms with Crippen LogP contribution in [-0.2, 0) is 13.6 Å². The van der Waals surface area contributed by atoms with Crippen LogP contribution in [-0.4, -0.2) is 20.6 Å². The van der Waals surface area contributed by atoms with Gasteiger partial charge in [-0.1, -0.05) is 0 Å². The van der Waals surface area contributed by atoms with Crippen molar-refractivity contribution in [2.75, 3.05) is 0 Å². The fraction of sp³-hybridized carbons (Fsp3) is 0.231. The van der Waals surface area contributed by atoms with E-state index in [-0.39, 0.29) is 12.1 Å². The highest BCUT2D eigenvalue weighted by Gasteiger charge is 2.17. The minimum Gasteiger partial charge on any atom is -0.348 e. The number of carbonyl (C=O) groups excluding carboxylic acids is 1. The van der Waals surface area contributed by atoms with Crippen LogP contribution >= 0.6 is 0 Å². The van der Waals surface area contributed by atoms with E-state index in [0.717, 1.165) is 23.4 Å². The molecule has 0 radical (unpaired) electrons. The number of nitrogens with one attached hydrogen (secondary N) is 1. The highest BCUT2D eigenvalue weighted by molar-refractivity contribution is 5.94. The molecule has 110 valence electrons. The molecular formula is C13H13FN4O3. The molecule has 7 nitrogen and oxygen atoms in total. The molecule has 0 spiro atoms. The van der Waals surface area contributed by atoms with Crippen molar-refractivity contribution in [2.24, 2.45) is 7.05 Å². The molecule has 0 saturated heterocycles. The number of nitro groups is 1. The van der Waals surface area contributed by atoms with Gasteiger partial charge in [0, 0.05) is 36.5 Å². The van der Waals surface area contributed by atoms with Gasteiger partial charge in [-0.3, -0.25) is 19.6 Å². The summed E-state index contributed by atoms with van der Waals surface area (Å²) in [5.74, 6) is -1.49. The molecule has 0 saturated carbocycles. The number of nitro benzene ring substituents is 1. The zero-order valence-electron chi connectivity index (χ0n) is 11.5. The zero-order chi connectivity index (χ0) is 15.6. The fourth-order valence-corrected chi connectivity index (χ4v) is 1.79. The number of aryl methyl sites for hydroxylation is 1. The predicted octanol–water partition coefficient (Wildman–Crippen LogP) is 1.71. The van der Waals surface area contributed by atoms with E-state index in [1.165, 1.54) is 6.07 Å². The normalized spacial score (nSPS) is 10.4. The second-order valence-corrected chi connectivity index (χ2v) is 4.48. The molecule has 0 aliphatic carbocycles. The topological polar surface area (TPSA) is 90.1 Å². The third kappa shape index (κ3) is 3.04. The van der Waals surface area contributed by atoms with Gasteiger partial charge in [0.25, 0.3) is 5.91 Å². The van der Waals surface area contributed by atoms with Gasteiger partial charge in [-0.05, 0) is 19.1 Å². The summed E-state index contributed by atoms with van der Waals surface area (Å²) >= 11 is 0. The lowest BCUT2D eigenvalue weighted by Gasteiger charge is -2.05. The van der Waals surface area contributed by atoms with E-state index in [9.17, 15) is 19.3 Å². The van der Waals surface area contributed by atoms with Gasteiger partial charge in [-0.15, -0.1) is 0 Å². The average molecular weight is 292 g/mol. The van der Waals surface area contributed by atoms with Crippen LogP contribution in [0.4, 0.5) is 10.1 Å². The van der Waals surface area contributed by atoms with Crippen LogP contribution in [0.2, 0.25) is 0 Å². The second-order valence-electron chi connectivity index (χ2n) is 4.48. The maximum Gasteiger partial charge on any atom is 0.305 e. The Kier molecular flexibility index (Phi) is 3.97. The number of aromatic nitrogens is 2. The van der Waals surface area contributed by atoms with E-state index in [2.05, 4.69) is 10.4 Å². The Balaban J connectivity index is 2.12. The number of rotatable bonds is 4. The fourth-order valence-electron chi connectivity index (χ4n) is 1.79. The predicted molar refractivity (Wildman–Crippen MR) is 72.2 cm³/mol. The zero-order valence-corrected chi connectivity index (χ0v) is 11.5. The van der Waals surface area contributed by atoms with Crippen LogP contribution in [0, 0.1) is 22.9 Å². The summed E-state index contributed by atoms with van der Waals surface area (Å²) < 4.78 is 14.9. The SMILES string of the molecule is Cc1c(CNC(=O)c2ccc(F)c([N+](=O)[O-])c2)cnn1C. The molecule has 8 heteroatoms. The quantitative estimate of drug-likeness (QED) is 0.686. The molecule has 0 aliphatic rings. The summed E-state index contributed by atoms with van der Waals surface area (Å²) in [4.78, 5) is 21.7. The Morgan fingerprint density at radius 3 is 2.81 bits per heavy atom. The largest absolute Gasteiger partial charge is 0.348 e. The molecule has 1 N–H and O–H groups in total. The van der Waals surface area contributed by atoms with Gasteiger partial charge >= 0.3 is 5.69 Å². The van der Waals surface area contributed by atoms with E-state index in [0.29, 0.717) is 0 Å². The third-order valence-corrected chi connectivity index (χ3v) is 3.18. The maximum atomic E-state index is 13.2. The lowest BCUT2D eigenvalue weighted by Crippen LogP contribution is -2.23. The highest BCUT2D eigenvalue weighted by Crippen LogP contribution is 2.18. The Hall–Kier alpha value is -2.77. The van der Waals surface area contributed by atoms with E-state index in [1.807, 2.05) is 6.92 Å². The van der Waals surface area contributed by atoms with Crippen LogP contribution in [0.15, 0.2) is 24.4 Å². The molecule has 0 bridgehead atoms. The number of benzene rings is 1. The number of hydrogen-bond donors (Lipinski definition) is 1. The number of amides is 1. The standard InChI is InChI=1S/C13H13FN4O3/c1-8-10(7-16-17(8)2)6-15-13(19)9-3-4-11(14)12(5-9)18(20)21/h3-5,7H,6H2,1-2H3,(H,15,19). The summed E-state index contributed by atoms with van der Waals surface area (Å²) in [6.45, 7) is 2.10. The summed E-state index contributed by atoms with van der Waals surface area (Å²) in [5, 5.41) is 17.3. The minimum atomic E-state index is -0.973. The number of halogens is 1. The first-order chi connectivity index (χ1) is 9.90. The van der Waals surface area contributed by atoms with E-state index >= 15 is 0 Å². The number of hydrogen-bond acceptors (Lipinski definition) is 4. The Morgan fingerprint density at radius 1 is 1.52 bits per heavy atom. The number of nitrogens with zero attached hydrogens (tertiary/aromatic N) is 3. The van der Waals surface area contributed by atoms with Crippen molar-refractivity contribution in [1.29, 1.82) is 0 Å². The molecular weight excluding hydrogens is 279 g/mol. The van der Waals surface area contributed by atoms with Crippen LogP contribution in [0.1, 0.15) is 21.6 Å². The first kappa shape index (κ1) is 14.6. The van der Waals surface area contributed by atoms with E-state index in [1.54, 1.807) is 17.9 Å². The molecule has 1 heterocycles. The van der Waals surface area contributed by atoms with Gasteiger partial charge in [-0.2, -0.15) is 9.49 Å². The van der Waals surface area contributed by atoms with Crippen molar-refractivity contribution in [3.05, 3.63) is 57.1 Å². The molecule has 0 aliphatic heterocycles. The second kappa shape index (κ2) is 5.70. The van der Waals surface area contributed by atoms with E-state index < -0.39 is 22.3 Å². The van der Waals surface area contributed by atoms with Crippen molar-refractivity contribution in [3.8, 4) is 0 Å². The molecule has 1 aromatic heterocycles. The molecule has 1 aromatic carbocycles. The molecule has 0 atom stereocenters. The Bertz CT molecular complexity index is 711. The first-order valence-electron chi connectivity index (χ1n) is 6.09. The number of carbonyl (C=O) groups is 1. The van der Waals surface area contributed by atoms with Crippen molar-refractivity contribution in [2.45, 2.75) is 13.5 Å². The maximum absolute atomic E-state index is 13.2. The summed E-state index contributed by atoms with van der Waals surface area (Å²) in [5.41, 5.74) is 1.05. The molecule has 0 unspecified atom stereocenters. The lowest BCUT2D eigenvalue weighted by molar-refractivity contribution is -0.387. The lowest BCUT2D eigenvalue weighted by atomic mass is 10.1. The van der Waals surface area contributed by atoms with Gasteiger partial charge < -0.3 is 5.32 Å². The van der Waals surface area contributed by atoms with Crippen molar-refractivity contribution in [1.82, 2.24) is 15.1 Å². The summed E-state index contributed by atoms with van der Waals surface area (Å²) in [6.07, 6.45) is 1.63. The Labute approximate surface area is 119 Å². The van der Waals surface area contributed by atoms with Crippen molar-refractivity contribution < 1.29 is 14.1 Å². The molecule has 2 aromatic rings. The minimum absolute atomic E-state index is 0.0321. The van der Waals surface area contributed by atoms with E-state index in [4.69, 9.17) is 0 Å². The molecule has 2 rings (SSSR count). The molecule has 1 amide bonds. The monoisotopic (exact) mass is 292 g/mol. The van der Waals surface area contributed by atoms with Crippen molar-refractivity contribution >= 4 is 11.6 Å². The molecule has 21 heavy (non-hydrogen) atoms. The highest BCUT2D eigenvalue weighted by atomic mass is 19.1. The average Bonchev–Trinajstić information content (AvgIpc) is 2.76. The van der Waals surface area contributed by atoms with Crippen LogP contribution in [0.3, 0.4) is 0 Å². The molecule has 0 fully saturated rings. The van der Waals surface area contributed by atoms with Gasteiger partial charge in [0.2, 0.25) is 5.82 Å². The van der Waals surface area contributed by atoms with Crippen LogP contribution < -0.4 is 5.32 Å². The third-order valence-electron chi connectivity index (χ3n) is 3.18. The first-order valence-corrected chi connectivity index (χ1v) is 6.09. The van der Waals surface area contributed by atoms with Gasteiger partial charge in [-0.25, -0.2) is 0 Å². The van der Waals surface area contributed by atoms with Crippen molar-refractivity contribution in [3.63, 3.8) is 0 Å². The summed E-state index contributed by atoms with van der Waals surface area (Å²) in [7, 11) is 1.78. The van der Waals surface area contributed by atoms with Gasteiger partial charge in [0.15, 0.2) is 0 Å². The smallest absolute Gasteiger partial charge is 0.305 e. The van der Waals surface area contributed by atoms with Gasteiger partial charge in [0.05, 0.1) is 11.1 Å². The van der Waals surface area contributed by atoms with Gasteiger partial charge in [0.1, 0.15) is 0 Å².